The molecule has 0 saturated carbocycles. The van der Waals surface area contributed by atoms with Crippen molar-refractivity contribution in [2.75, 3.05) is 38.0 Å². The lowest BCUT2D eigenvalue weighted by Gasteiger charge is -2.43. The molecule has 0 unspecified atom stereocenters. The minimum atomic E-state index is -0.610. The first kappa shape index (κ1) is 30.9. The van der Waals surface area contributed by atoms with Crippen LogP contribution in [0.2, 0.25) is 0 Å². The fourth-order valence-electron chi connectivity index (χ4n) is 7.19. The van der Waals surface area contributed by atoms with E-state index in [9.17, 15) is 9.90 Å². The van der Waals surface area contributed by atoms with E-state index in [0.29, 0.717) is 17.2 Å². The number of fused-ring (bicyclic) bond motifs is 1. The van der Waals surface area contributed by atoms with Gasteiger partial charge in [0.15, 0.2) is 6.29 Å². The van der Waals surface area contributed by atoms with Crippen LogP contribution in [0.3, 0.4) is 0 Å². The summed E-state index contributed by atoms with van der Waals surface area (Å²) in [5.41, 5.74) is 5.08. The number of likely N-dealkylation sites (tertiary alicyclic amines) is 2. The van der Waals surface area contributed by atoms with Gasteiger partial charge in [0.25, 0.3) is 5.91 Å². The number of aliphatic hydroxyl groups is 1. The van der Waals surface area contributed by atoms with Crippen LogP contribution in [-0.2, 0) is 16.1 Å². The Morgan fingerprint density at radius 2 is 1.72 bits per heavy atom. The first-order valence-electron chi connectivity index (χ1n) is 16.6. The SMILES string of the molecule is C[C@@H]1[C@H](CN2CCC[C@H]2CN2CCCC2)O[C@H](c2cccc(NC(=O)c3cnc4ccccc4n3)c2)O[C@@H]1c1ccc(CO)cc1. The fraction of sp³-hybridized carbons (Fsp3) is 0.432. The number of amides is 1. The van der Waals surface area contributed by atoms with Gasteiger partial charge < -0.3 is 24.8 Å². The highest BCUT2D eigenvalue weighted by atomic mass is 16.7. The van der Waals surface area contributed by atoms with Crippen molar-refractivity contribution in [3.05, 3.63) is 101 Å². The Balaban J connectivity index is 1.11. The minimum Gasteiger partial charge on any atom is -0.392 e. The van der Waals surface area contributed by atoms with Crippen LogP contribution in [0.25, 0.3) is 11.0 Å². The number of aliphatic hydroxyl groups excluding tert-OH is 1. The van der Waals surface area contributed by atoms with Crippen LogP contribution in [-0.4, -0.2) is 75.7 Å². The number of nitrogens with zero attached hydrogens (tertiary/aromatic N) is 4. The number of hydrogen-bond acceptors (Lipinski definition) is 8. The lowest BCUT2D eigenvalue weighted by molar-refractivity contribution is -0.276. The maximum atomic E-state index is 13.2. The highest BCUT2D eigenvalue weighted by molar-refractivity contribution is 6.03. The van der Waals surface area contributed by atoms with Gasteiger partial charge in [-0.2, -0.15) is 0 Å². The second-order valence-corrected chi connectivity index (χ2v) is 12.9. The Hall–Kier alpha value is -3.73. The predicted octanol–water partition coefficient (Wildman–Crippen LogP) is 5.73. The molecule has 0 aliphatic carbocycles. The molecular formula is C37H43N5O4. The van der Waals surface area contributed by atoms with Crippen molar-refractivity contribution in [1.29, 1.82) is 0 Å². The van der Waals surface area contributed by atoms with Crippen LogP contribution in [0.4, 0.5) is 5.69 Å². The Kier molecular flexibility index (Phi) is 9.37. The molecule has 1 aromatic heterocycles. The zero-order valence-corrected chi connectivity index (χ0v) is 26.4. The van der Waals surface area contributed by atoms with Crippen molar-refractivity contribution in [1.82, 2.24) is 19.8 Å². The van der Waals surface area contributed by atoms with Crippen molar-refractivity contribution in [3.8, 4) is 0 Å². The van der Waals surface area contributed by atoms with E-state index in [0.717, 1.165) is 41.8 Å². The van der Waals surface area contributed by atoms with Gasteiger partial charge in [0, 0.05) is 36.3 Å². The molecule has 4 heterocycles. The van der Waals surface area contributed by atoms with Gasteiger partial charge in [-0.15, -0.1) is 0 Å². The Labute approximate surface area is 270 Å². The van der Waals surface area contributed by atoms with Crippen LogP contribution < -0.4 is 5.32 Å². The van der Waals surface area contributed by atoms with Crippen molar-refractivity contribution in [2.45, 2.75) is 63.8 Å². The number of rotatable bonds is 9. The number of carbonyl (C=O) groups is 1. The lowest BCUT2D eigenvalue weighted by atomic mass is 9.90. The van der Waals surface area contributed by atoms with Gasteiger partial charge in [0.05, 0.1) is 36.0 Å². The molecule has 9 heteroatoms. The Morgan fingerprint density at radius 3 is 2.52 bits per heavy atom. The number of aromatic nitrogens is 2. The van der Waals surface area contributed by atoms with E-state index in [1.807, 2.05) is 60.7 Å². The molecule has 9 nitrogen and oxygen atoms in total. The molecule has 3 aromatic carbocycles. The van der Waals surface area contributed by atoms with E-state index >= 15 is 0 Å². The molecule has 240 valence electrons. The van der Waals surface area contributed by atoms with Gasteiger partial charge in [-0.05, 0) is 80.7 Å². The summed E-state index contributed by atoms with van der Waals surface area (Å²) in [6, 6.07) is 23.8. The molecule has 3 fully saturated rings. The van der Waals surface area contributed by atoms with E-state index in [4.69, 9.17) is 9.47 Å². The van der Waals surface area contributed by atoms with E-state index in [1.54, 1.807) is 0 Å². The summed E-state index contributed by atoms with van der Waals surface area (Å²) < 4.78 is 13.5. The minimum absolute atomic E-state index is 0.00633. The summed E-state index contributed by atoms with van der Waals surface area (Å²) in [7, 11) is 0. The molecule has 0 radical (unpaired) electrons. The maximum absolute atomic E-state index is 13.2. The number of anilines is 1. The third-order valence-corrected chi connectivity index (χ3v) is 9.80. The van der Waals surface area contributed by atoms with Crippen molar-refractivity contribution >= 4 is 22.6 Å². The summed E-state index contributed by atoms with van der Waals surface area (Å²) >= 11 is 0. The summed E-state index contributed by atoms with van der Waals surface area (Å²) in [6.07, 6.45) is 5.71. The molecule has 3 saturated heterocycles. The van der Waals surface area contributed by atoms with Crippen LogP contribution in [0.15, 0.2) is 79.0 Å². The molecule has 3 aliphatic rings. The van der Waals surface area contributed by atoms with Crippen molar-refractivity contribution in [2.24, 2.45) is 5.92 Å². The summed E-state index contributed by atoms with van der Waals surface area (Å²) in [5, 5.41) is 12.6. The number of para-hydroxylation sites is 2. The van der Waals surface area contributed by atoms with Gasteiger partial charge in [0.2, 0.25) is 0 Å². The predicted molar refractivity (Wildman–Crippen MR) is 177 cm³/mol. The average Bonchev–Trinajstić information content (AvgIpc) is 3.78. The number of carbonyl (C=O) groups excluding carboxylic acids is 1. The molecule has 0 spiro atoms. The van der Waals surface area contributed by atoms with Gasteiger partial charge >= 0.3 is 0 Å². The zero-order valence-electron chi connectivity index (χ0n) is 26.4. The van der Waals surface area contributed by atoms with Gasteiger partial charge in [-0.1, -0.05) is 55.5 Å². The molecule has 2 N–H and O–H groups in total. The molecule has 46 heavy (non-hydrogen) atoms. The van der Waals surface area contributed by atoms with Gasteiger partial charge in [0.1, 0.15) is 5.69 Å². The molecular weight excluding hydrogens is 578 g/mol. The van der Waals surface area contributed by atoms with Crippen molar-refractivity contribution in [3.63, 3.8) is 0 Å². The maximum Gasteiger partial charge on any atom is 0.275 e. The smallest absolute Gasteiger partial charge is 0.275 e. The zero-order chi connectivity index (χ0) is 31.5. The monoisotopic (exact) mass is 621 g/mol. The third-order valence-electron chi connectivity index (χ3n) is 9.80. The van der Waals surface area contributed by atoms with E-state index in [1.165, 1.54) is 45.0 Å². The summed E-state index contributed by atoms with van der Waals surface area (Å²) in [6.45, 7) is 7.72. The van der Waals surface area contributed by atoms with Crippen LogP contribution in [0.5, 0.6) is 0 Å². The van der Waals surface area contributed by atoms with E-state index < -0.39 is 6.29 Å². The standard InChI is InChI=1S/C37H43N5O4/c1-25-34(23-42-19-7-10-30(42)22-41-17-4-5-18-41)45-37(46-35(25)27-15-13-26(24-43)14-16-27)28-8-6-9-29(20-28)39-36(44)33-21-38-31-11-2-3-12-32(31)40-33/h2-3,6,8-9,11-16,20-21,25,30,34-35,37,43H,4-5,7,10,17-19,22-24H2,1H3,(H,39,44)/t25-,30+,34+,35+,37+/m1/s1. The second-order valence-electron chi connectivity index (χ2n) is 12.9. The fourth-order valence-corrected chi connectivity index (χ4v) is 7.19. The summed E-state index contributed by atoms with van der Waals surface area (Å²) in [4.78, 5) is 27.3. The molecule has 4 aromatic rings. The summed E-state index contributed by atoms with van der Waals surface area (Å²) in [5.74, 6) is -0.217. The van der Waals surface area contributed by atoms with Crippen molar-refractivity contribution < 1.29 is 19.4 Å². The average molecular weight is 622 g/mol. The normalized spacial score (nSPS) is 25.7. The number of ether oxygens (including phenoxy) is 2. The molecule has 0 bridgehead atoms. The topological polar surface area (TPSA) is 100 Å². The van der Waals surface area contributed by atoms with Crippen LogP contribution >= 0.6 is 0 Å². The molecule has 5 atom stereocenters. The van der Waals surface area contributed by atoms with Gasteiger partial charge in [-0.3, -0.25) is 14.7 Å². The van der Waals surface area contributed by atoms with E-state index in [2.05, 4.69) is 44.1 Å². The second kappa shape index (κ2) is 13.9. The largest absolute Gasteiger partial charge is 0.392 e. The highest BCUT2D eigenvalue weighted by Crippen LogP contribution is 2.42. The lowest BCUT2D eigenvalue weighted by Crippen LogP contribution is -2.48. The van der Waals surface area contributed by atoms with Crippen LogP contribution in [0.1, 0.15) is 72.2 Å². The molecule has 7 rings (SSSR count). The number of benzene rings is 3. The Bertz CT molecular complexity index is 1640. The number of nitrogens with one attached hydrogen (secondary N) is 1. The van der Waals surface area contributed by atoms with Crippen LogP contribution in [0, 0.1) is 5.92 Å². The van der Waals surface area contributed by atoms with E-state index in [-0.39, 0.29) is 36.3 Å². The first-order chi connectivity index (χ1) is 22.5. The van der Waals surface area contributed by atoms with Gasteiger partial charge in [-0.25, -0.2) is 4.98 Å². The molecule has 1 amide bonds. The highest BCUT2D eigenvalue weighted by Gasteiger charge is 2.41. The third kappa shape index (κ3) is 6.84. The first-order valence-corrected chi connectivity index (χ1v) is 16.6. The number of hydrogen-bond donors (Lipinski definition) is 2. The molecule has 3 aliphatic heterocycles. The Morgan fingerprint density at radius 1 is 0.913 bits per heavy atom. The quantitative estimate of drug-likeness (QED) is 0.245.